The number of carboxylic acid groups (broad SMARTS) is 1. The van der Waals surface area contributed by atoms with Crippen LogP contribution >= 0.6 is 0 Å². The molecular weight excluding hydrogens is 252 g/mol. The van der Waals surface area contributed by atoms with Gasteiger partial charge in [-0.25, -0.2) is 9.59 Å². The Morgan fingerprint density at radius 1 is 1.37 bits per heavy atom. The minimum Gasteiger partial charge on any atom is -0.479 e. The molecule has 2 fully saturated rings. The lowest BCUT2D eigenvalue weighted by Gasteiger charge is -2.32. The molecule has 19 heavy (non-hydrogen) atoms. The van der Waals surface area contributed by atoms with Crippen molar-refractivity contribution in [1.29, 1.82) is 0 Å². The smallest absolute Gasteiger partial charge is 0.334 e. The van der Waals surface area contributed by atoms with Crippen molar-refractivity contribution in [3.8, 4) is 0 Å². The van der Waals surface area contributed by atoms with Crippen LogP contribution in [0.5, 0.6) is 0 Å². The topological polar surface area (TPSA) is 88.1 Å². The van der Waals surface area contributed by atoms with Crippen molar-refractivity contribution in [1.82, 2.24) is 10.2 Å². The third-order valence-electron chi connectivity index (χ3n) is 3.50. The molecule has 2 N–H and O–H groups in total. The summed E-state index contributed by atoms with van der Waals surface area (Å²) in [7, 11) is 0. The van der Waals surface area contributed by atoms with Gasteiger partial charge < -0.3 is 24.8 Å². The number of carbonyl (C=O) groups is 2. The van der Waals surface area contributed by atoms with E-state index in [0.717, 1.165) is 19.4 Å². The van der Waals surface area contributed by atoms with Gasteiger partial charge in [0.25, 0.3) is 0 Å². The molecule has 0 aromatic heterocycles. The lowest BCUT2D eigenvalue weighted by Crippen LogP contribution is -2.54. The normalized spacial score (nSPS) is 29.0. The van der Waals surface area contributed by atoms with Crippen molar-refractivity contribution in [2.45, 2.75) is 38.0 Å². The molecule has 0 saturated carbocycles. The Labute approximate surface area is 111 Å². The zero-order valence-corrected chi connectivity index (χ0v) is 11.0. The molecule has 0 radical (unpaired) electrons. The third kappa shape index (κ3) is 3.57. The van der Waals surface area contributed by atoms with Gasteiger partial charge in [-0.3, -0.25) is 0 Å². The fourth-order valence-electron chi connectivity index (χ4n) is 2.36. The van der Waals surface area contributed by atoms with Crippen LogP contribution in [0.1, 0.15) is 19.8 Å². The van der Waals surface area contributed by atoms with Crippen LogP contribution in [0.25, 0.3) is 0 Å². The zero-order chi connectivity index (χ0) is 13.8. The molecule has 7 heteroatoms. The molecule has 0 aromatic carbocycles. The number of hydrogen-bond donors (Lipinski definition) is 2. The van der Waals surface area contributed by atoms with Crippen LogP contribution in [-0.2, 0) is 14.3 Å². The predicted molar refractivity (Wildman–Crippen MR) is 65.9 cm³/mol. The standard InChI is InChI=1S/C12H20N2O5/c1-8(9-3-2-5-18-9)13-12(17)14-4-6-19-10(7-14)11(15)16/h8-10H,2-7H2,1H3,(H,13,17)(H,15,16). The van der Waals surface area contributed by atoms with Crippen molar-refractivity contribution < 1.29 is 24.2 Å². The van der Waals surface area contributed by atoms with E-state index in [1.54, 1.807) is 0 Å². The molecule has 2 saturated heterocycles. The summed E-state index contributed by atoms with van der Waals surface area (Å²) in [6.45, 7) is 3.39. The fraction of sp³-hybridized carbons (Fsp3) is 0.833. The molecular formula is C12H20N2O5. The van der Waals surface area contributed by atoms with Crippen LogP contribution in [0.2, 0.25) is 0 Å². The molecule has 0 aliphatic carbocycles. The number of morpholine rings is 1. The van der Waals surface area contributed by atoms with Gasteiger partial charge in [0.2, 0.25) is 0 Å². The number of nitrogens with zero attached hydrogens (tertiary/aromatic N) is 1. The second kappa shape index (κ2) is 6.21. The number of ether oxygens (including phenoxy) is 2. The summed E-state index contributed by atoms with van der Waals surface area (Å²) in [5, 5.41) is 11.8. The first-order valence-corrected chi connectivity index (χ1v) is 6.59. The van der Waals surface area contributed by atoms with Crippen LogP contribution in [0.4, 0.5) is 4.79 Å². The molecule has 2 aliphatic rings. The quantitative estimate of drug-likeness (QED) is 0.758. The van der Waals surface area contributed by atoms with E-state index in [9.17, 15) is 9.59 Å². The number of carboxylic acids is 1. The number of hydrogen-bond acceptors (Lipinski definition) is 4. The second-order valence-corrected chi connectivity index (χ2v) is 4.93. The number of rotatable bonds is 3. The Morgan fingerprint density at radius 2 is 2.16 bits per heavy atom. The fourth-order valence-corrected chi connectivity index (χ4v) is 2.36. The maximum absolute atomic E-state index is 12.0. The van der Waals surface area contributed by atoms with Crippen molar-refractivity contribution in [2.24, 2.45) is 0 Å². The molecule has 0 aromatic rings. The summed E-state index contributed by atoms with van der Waals surface area (Å²) >= 11 is 0. The van der Waals surface area contributed by atoms with Crippen LogP contribution in [0.3, 0.4) is 0 Å². The number of nitrogens with one attached hydrogen (secondary N) is 1. The van der Waals surface area contributed by atoms with Crippen molar-refractivity contribution in [3.05, 3.63) is 0 Å². The van der Waals surface area contributed by atoms with Gasteiger partial charge in [0.05, 0.1) is 25.3 Å². The summed E-state index contributed by atoms with van der Waals surface area (Å²) in [5.41, 5.74) is 0. The molecule has 2 rings (SSSR count). The summed E-state index contributed by atoms with van der Waals surface area (Å²) in [6.07, 6.45) is 1.09. The zero-order valence-electron chi connectivity index (χ0n) is 11.0. The van der Waals surface area contributed by atoms with Crippen LogP contribution < -0.4 is 5.32 Å². The maximum atomic E-state index is 12.0. The summed E-state index contributed by atoms with van der Waals surface area (Å²) in [4.78, 5) is 24.4. The summed E-state index contributed by atoms with van der Waals surface area (Å²) < 4.78 is 10.6. The van der Waals surface area contributed by atoms with Crippen LogP contribution in [-0.4, -0.2) is 66.6 Å². The molecule has 2 aliphatic heterocycles. The number of urea groups is 1. The minimum atomic E-state index is -1.04. The number of amides is 2. The largest absolute Gasteiger partial charge is 0.479 e. The van der Waals surface area contributed by atoms with Gasteiger partial charge in [-0.15, -0.1) is 0 Å². The number of carbonyl (C=O) groups excluding carboxylic acids is 1. The SMILES string of the molecule is CC(NC(=O)N1CCOC(C(=O)O)C1)C1CCCO1. The average molecular weight is 272 g/mol. The van der Waals surface area contributed by atoms with E-state index in [0.29, 0.717) is 6.54 Å². The number of aliphatic carboxylic acids is 1. The van der Waals surface area contributed by atoms with Gasteiger partial charge in [0.1, 0.15) is 0 Å². The Kier molecular flexibility index (Phi) is 4.60. The summed E-state index contributed by atoms with van der Waals surface area (Å²) in [5.74, 6) is -1.04. The Balaban J connectivity index is 1.83. The first-order chi connectivity index (χ1) is 9.08. The van der Waals surface area contributed by atoms with Gasteiger partial charge >= 0.3 is 12.0 Å². The lowest BCUT2D eigenvalue weighted by atomic mass is 10.1. The highest BCUT2D eigenvalue weighted by Gasteiger charge is 2.31. The van der Waals surface area contributed by atoms with Gasteiger partial charge in [-0.05, 0) is 19.8 Å². The molecule has 3 unspecified atom stereocenters. The van der Waals surface area contributed by atoms with E-state index in [-0.39, 0.29) is 31.3 Å². The van der Waals surface area contributed by atoms with Gasteiger partial charge in [-0.1, -0.05) is 0 Å². The second-order valence-electron chi connectivity index (χ2n) is 4.93. The summed E-state index contributed by atoms with van der Waals surface area (Å²) in [6, 6.07) is -0.321. The van der Waals surface area contributed by atoms with Gasteiger partial charge in [0.15, 0.2) is 6.10 Å². The highest BCUT2D eigenvalue weighted by Crippen LogP contribution is 2.16. The Bertz CT molecular complexity index is 343. The lowest BCUT2D eigenvalue weighted by molar-refractivity contribution is -0.154. The van der Waals surface area contributed by atoms with Crippen molar-refractivity contribution >= 4 is 12.0 Å². The van der Waals surface area contributed by atoms with Crippen LogP contribution in [0, 0.1) is 0 Å². The van der Waals surface area contributed by atoms with E-state index in [1.807, 2.05) is 6.92 Å². The average Bonchev–Trinajstić information content (AvgIpc) is 2.92. The van der Waals surface area contributed by atoms with Gasteiger partial charge in [-0.2, -0.15) is 0 Å². The molecule has 2 amide bonds. The van der Waals surface area contributed by atoms with Crippen molar-refractivity contribution in [2.75, 3.05) is 26.3 Å². The van der Waals surface area contributed by atoms with Crippen LogP contribution in [0.15, 0.2) is 0 Å². The molecule has 7 nitrogen and oxygen atoms in total. The van der Waals surface area contributed by atoms with E-state index >= 15 is 0 Å². The molecule has 3 atom stereocenters. The first kappa shape index (κ1) is 14.1. The first-order valence-electron chi connectivity index (χ1n) is 6.59. The van der Waals surface area contributed by atoms with Crippen molar-refractivity contribution in [3.63, 3.8) is 0 Å². The molecule has 2 heterocycles. The van der Waals surface area contributed by atoms with E-state index < -0.39 is 12.1 Å². The Hall–Kier alpha value is -1.34. The predicted octanol–water partition coefficient (Wildman–Crippen LogP) is 0.0489. The maximum Gasteiger partial charge on any atom is 0.334 e. The third-order valence-corrected chi connectivity index (χ3v) is 3.50. The molecule has 0 bridgehead atoms. The van der Waals surface area contributed by atoms with E-state index in [2.05, 4.69) is 5.32 Å². The minimum absolute atomic E-state index is 0.0558. The van der Waals surface area contributed by atoms with Gasteiger partial charge in [0, 0.05) is 13.2 Å². The monoisotopic (exact) mass is 272 g/mol. The van der Waals surface area contributed by atoms with E-state index in [4.69, 9.17) is 14.6 Å². The molecule has 108 valence electrons. The Morgan fingerprint density at radius 3 is 2.79 bits per heavy atom. The molecule has 0 spiro atoms. The highest BCUT2D eigenvalue weighted by molar-refractivity contribution is 5.77. The highest BCUT2D eigenvalue weighted by atomic mass is 16.5. The van der Waals surface area contributed by atoms with E-state index in [1.165, 1.54) is 4.90 Å².